The summed E-state index contributed by atoms with van der Waals surface area (Å²) in [7, 11) is 0. The number of aliphatic hydroxyl groups excluding tert-OH is 1. The highest BCUT2D eigenvalue weighted by atomic mass is 35.5. The van der Waals surface area contributed by atoms with Crippen molar-refractivity contribution >= 4 is 17.6 Å². The Kier molecular flexibility index (Phi) is 7.31. The number of fused-ring (bicyclic) bond motifs is 1. The molecular formula is C22H26ClNO4. The van der Waals surface area contributed by atoms with Crippen molar-refractivity contribution in [2.75, 3.05) is 19.8 Å². The number of aliphatic hydroxyl groups is 1. The van der Waals surface area contributed by atoms with Gasteiger partial charge in [-0.3, -0.25) is 0 Å². The minimum absolute atomic E-state index is 0.0832. The number of nitrogens with one attached hydrogen (secondary N) is 1. The maximum Gasteiger partial charge on any atom is 0.344 e. The first kappa shape index (κ1) is 20.6. The summed E-state index contributed by atoms with van der Waals surface area (Å²) in [6.07, 6.45) is 2.24. The summed E-state index contributed by atoms with van der Waals surface area (Å²) in [5, 5.41) is 14.5. The molecule has 0 heterocycles. The van der Waals surface area contributed by atoms with Gasteiger partial charge in [-0.25, -0.2) is 4.79 Å². The Morgan fingerprint density at radius 3 is 2.93 bits per heavy atom. The Hall–Kier alpha value is -2.08. The van der Waals surface area contributed by atoms with Crippen LogP contribution in [0.4, 0.5) is 0 Å². The third-order valence-corrected chi connectivity index (χ3v) is 5.14. The van der Waals surface area contributed by atoms with Gasteiger partial charge < -0.3 is 19.9 Å². The lowest BCUT2D eigenvalue weighted by Gasteiger charge is -2.27. The number of aryl methyl sites for hydroxylation is 1. The number of hydrogen-bond acceptors (Lipinski definition) is 5. The van der Waals surface area contributed by atoms with Gasteiger partial charge in [0.2, 0.25) is 0 Å². The maximum absolute atomic E-state index is 11.5. The summed E-state index contributed by atoms with van der Waals surface area (Å²) in [5.74, 6) is 0.307. The van der Waals surface area contributed by atoms with E-state index in [-0.39, 0.29) is 18.6 Å². The van der Waals surface area contributed by atoms with E-state index in [4.69, 9.17) is 21.1 Å². The van der Waals surface area contributed by atoms with Crippen LogP contribution in [0.5, 0.6) is 5.75 Å². The van der Waals surface area contributed by atoms with Crippen LogP contribution in [0.1, 0.15) is 36.1 Å². The molecule has 0 amide bonds. The number of carbonyl (C=O) groups excluding carboxylic acids is 1. The van der Waals surface area contributed by atoms with Gasteiger partial charge in [-0.15, -0.1) is 0 Å². The number of benzene rings is 2. The lowest BCUT2D eigenvalue weighted by atomic mass is 9.88. The van der Waals surface area contributed by atoms with Crippen molar-refractivity contribution in [2.24, 2.45) is 0 Å². The van der Waals surface area contributed by atoms with E-state index in [1.165, 1.54) is 11.1 Å². The van der Waals surface area contributed by atoms with Gasteiger partial charge in [-0.1, -0.05) is 29.8 Å². The Morgan fingerprint density at radius 1 is 1.29 bits per heavy atom. The summed E-state index contributed by atoms with van der Waals surface area (Å²) in [5.41, 5.74) is 3.32. The molecule has 0 saturated carbocycles. The molecule has 0 radical (unpaired) electrons. The van der Waals surface area contributed by atoms with Crippen LogP contribution in [0.15, 0.2) is 42.5 Å². The molecule has 0 aromatic heterocycles. The molecule has 0 fully saturated rings. The molecule has 0 saturated heterocycles. The SMILES string of the molecule is CCOC(=O)COc1ccc2c(c1)C[C@@H](NCC(O)c1cccc(Cl)c1)CC2. The minimum Gasteiger partial charge on any atom is -0.482 e. The van der Waals surface area contributed by atoms with Crippen LogP contribution in [0.25, 0.3) is 0 Å². The van der Waals surface area contributed by atoms with E-state index in [9.17, 15) is 9.90 Å². The summed E-state index contributed by atoms with van der Waals surface area (Å²) in [6, 6.07) is 13.5. The van der Waals surface area contributed by atoms with Crippen molar-refractivity contribution in [1.82, 2.24) is 5.32 Å². The largest absolute Gasteiger partial charge is 0.482 e. The lowest BCUT2D eigenvalue weighted by molar-refractivity contribution is -0.145. The van der Waals surface area contributed by atoms with Crippen molar-refractivity contribution < 1.29 is 19.4 Å². The Balaban J connectivity index is 1.54. The van der Waals surface area contributed by atoms with Crippen LogP contribution in [-0.4, -0.2) is 36.9 Å². The highest BCUT2D eigenvalue weighted by Crippen LogP contribution is 2.26. The number of rotatable bonds is 8. The predicted molar refractivity (Wildman–Crippen MR) is 109 cm³/mol. The average Bonchev–Trinajstić information content (AvgIpc) is 2.70. The molecular weight excluding hydrogens is 378 g/mol. The summed E-state index contributed by atoms with van der Waals surface area (Å²) < 4.78 is 10.4. The monoisotopic (exact) mass is 403 g/mol. The second-order valence-electron chi connectivity index (χ2n) is 6.94. The second kappa shape index (κ2) is 9.92. The van der Waals surface area contributed by atoms with Crippen molar-refractivity contribution in [3.8, 4) is 5.75 Å². The zero-order valence-corrected chi connectivity index (χ0v) is 16.7. The molecule has 2 aromatic carbocycles. The first-order valence-corrected chi connectivity index (χ1v) is 10.00. The van der Waals surface area contributed by atoms with Gasteiger partial charge in [0.1, 0.15) is 5.75 Å². The molecule has 150 valence electrons. The fraction of sp³-hybridized carbons (Fsp3) is 0.409. The molecule has 0 aliphatic heterocycles. The summed E-state index contributed by atoms with van der Waals surface area (Å²) >= 11 is 6.00. The minimum atomic E-state index is -0.598. The molecule has 1 aliphatic rings. The first-order chi connectivity index (χ1) is 13.5. The summed E-state index contributed by atoms with van der Waals surface area (Å²) in [4.78, 5) is 11.5. The van der Waals surface area contributed by atoms with Crippen molar-refractivity contribution in [1.29, 1.82) is 0 Å². The molecule has 2 atom stereocenters. The van der Waals surface area contributed by atoms with Crippen LogP contribution in [0.2, 0.25) is 5.02 Å². The number of ether oxygens (including phenoxy) is 2. The summed E-state index contributed by atoms with van der Waals surface area (Å²) in [6.45, 7) is 2.51. The molecule has 2 N–H and O–H groups in total. The molecule has 0 spiro atoms. The predicted octanol–water partition coefficient (Wildman–Crippen LogP) is 3.46. The van der Waals surface area contributed by atoms with E-state index in [0.29, 0.717) is 23.9 Å². The van der Waals surface area contributed by atoms with Gasteiger partial charge >= 0.3 is 5.97 Å². The van der Waals surface area contributed by atoms with Gasteiger partial charge in [-0.05, 0) is 67.1 Å². The van der Waals surface area contributed by atoms with Crippen LogP contribution >= 0.6 is 11.6 Å². The molecule has 2 aromatic rings. The standard InChI is InChI=1S/C22H26ClNO4/c1-2-27-22(26)14-28-20-9-7-15-6-8-19(11-17(15)12-20)24-13-21(25)16-4-3-5-18(23)10-16/h3-5,7,9-10,12,19,21,24-25H,2,6,8,11,13-14H2,1H3/t19-,21?/m0/s1. The zero-order valence-electron chi connectivity index (χ0n) is 16.0. The van der Waals surface area contributed by atoms with E-state index in [1.807, 2.05) is 24.3 Å². The van der Waals surface area contributed by atoms with E-state index < -0.39 is 6.10 Å². The molecule has 28 heavy (non-hydrogen) atoms. The highest BCUT2D eigenvalue weighted by Gasteiger charge is 2.20. The Labute approximate surface area is 170 Å². The van der Waals surface area contributed by atoms with Crippen LogP contribution in [-0.2, 0) is 22.4 Å². The van der Waals surface area contributed by atoms with Crippen molar-refractivity contribution in [3.63, 3.8) is 0 Å². The number of carbonyl (C=O) groups is 1. The third-order valence-electron chi connectivity index (χ3n) is 4.90. The molecule has 1 unspecified atom stereocenters. The fourth-order valence-corrected chi connectivity index (χ4v) is 3.65. The van der Waals surface area contributed by atoms with E-state index >= 15 is 0 Å². The smallest absolute Gasteiger partial charge is 0.344 e. The lowest BCUT2D eigenvalue weighted by Crippen LogP contribution is -2.37. The maximum atomic E-state index is 11.5. The number of esters is 1. The Morgan fingerprint density at radius 2 is 2.14 bits per heavy atom. The topological polar surface area (TPSA) is 67.8 Å². The van der Waals surface area contributed by atoms with Gasteiger partial charge in [0.25, 0.3) is 0 Å². The molecule has 6 heteroatoms. The number of halogens is 1. The molecule has 1 aliphatic carbocycles. The molecule has 3 rings (SSSR count). The molecule has 5 nitrogen and oxygen atoms in total. The molecule has 0 bridgehead atoms. The zero-order chi connectivity index (χ0) is 19.9. The van der Waals surface area contributed by atoms with Crippen LogP contribution < -0.4 is 10.1 Å². The van der Waals surface area contributed by atoms with Crippen LogP contribution in [0, 0.1) is 0 Å². The second-order valence-corrected chi connectivity index (χ2v) is 7.38. The third kappa shape index (κ3) is 5.71. The number of hydrogen-bond donors (Lipinski definition) is 2. The van der Waals surface area contributed by atoms with Gasteiger partial charge in [-0.2, -0.15) is 0 Å². The van der Waals surface area contributed by atoms with Crippen molar-refractivity contribution in [2.45, 2.75) is 38.3 Å². The quantitative estimate of drug-likeness (QED) is 0.660. The van der Waals surface area contributed by atoms with Gasteiger partial charge in [0.15, 0.2) is 6.61 Å². The van der Waals surface area contributed by atoms with E-state index in [2.05, 4.69) is 11.4 Å². The van der Waals surface area contributed by atoms with Crippen LogP contribution in [0.3, 0.4) is 0 Å². The van der Waals surface area contributed by atoms with Gasteiger partial charge in [0, 0.05) is 17.6 Å². The van der Waals surface area contributed by atoms with Gasteiger partial charge in [0.05, 0.1) is 12.7 Å². The highest BCUT2D eigenvalue weighted by molar-refractivity contribution is 6.30. The van der Waals surface area contributed by atoms with E-state index in [1.54, 1.807) is 19.1 Å². The average molecular weight is 404 g/mol. The van der Waals surface area contributed by atoms with Crippen molar-refractivity contribution in [3.05, 3.63) is 64.2 Å². The van der Waals surface area contributed by atoms with E-state index in [0.717, 1.165) is 24.8 Å². The first-order valence-electron chi connectivity index (χ1n) is 9.62. The fourth-order valence-electron chi connectivity index (χ4n) is 3.45. The normalized spacial score (nSPS) is 16.9. The Bertz CT molecular complexity index is 811.